The van der Waals surface area contributed by atoms with E-state index in [4.69, 9.17) is 0 Å². The van der Waals surface area contributed by atoms with Crippen LogP contribution in [0.4, 0.5) is 0 Å². The standard InChI is InChI=1S/C10H18O/c1-7(2)9-6-8(3)4-5-10(9)11/h7-9H,4-6H2,1-3H3/t8-,9+/m0/s1. The zero-order chi connectivity index (χ0) is 8.43. The van der Waals surface area contributed by atoms with E-state index in [0.29, 0.717) is 17.6 Å². The molecule has 11 heavy (non-hydrogen) atoms. The van der Waals surface area contributed by atoms with E-state index < -0.39 is 0 Å². The minimum atomic E-state index is 0.360. The minimum absolute atomic E-state index is 0.360. The molecule has 1 heteroatoms. The molecule has 1 nitrogen and oxygen atoms in total. The lowest BCUT2D eigenvalue weighted by atomic mass is 9.76. The van der Waals surface area contributed by atoms with Crippen LogP contribution in [0, 0.1) is 17.8 Å². The van der Waals surface area contributed by atoms with Crippen LogP contribution in [-0.2, 0) is 4.79 Å². The van der Waals surface area contributed by atoms with Gasteiger partial charge in [0.25, 0.3) is 0 Å². The normalized spacial score (nSPS) is 32.9. The molecule has 0 bridgehead atoms. The lowest BCUT2D eigenvalue weighted by Gasteiger charge is -2.28. The minimum Gasteiger partial charge on any atom is -0.299 e. The van der Waals surface area contributed by atoms with Crippen LogP contribution in [-0.4, -0.2) is 5.78 Å². The third-order valence-corrected chi connectivity index (χ3v) is 2.76. The highest BCUT2D eigenvalue weighted by Crippen LogP contribution is 2.30. The fourth-order valence-electron chi connectivity index (χ4n) is 1.90. The first-order valence-corrected chi connectivity index (χ1v) is 4.64. The average molecular weight is 154 g/mol. The maximum absolute atomic E-state index is 11.4. The maximum atomic E-state index is 11.4. The van der Waals surface area contributed by atoms with E-state index in [2.05, 4.69) is 20.8 Å². The van der Waals surface area contributed by atoms with Crippen LogP contribution in [0.5, 0.6) is 0 Å². The average Bonchev–Trinajstić information content (AvgIpc) is 1.94. The van der Waals surface area contributed by atoms with E-state index in [1.54, 1.807) is 0 Å². The van der Waals surface area contributed by atoms with Gasteiger partial charge in [-0.2, -0.15) is 0 Å². The fourth-order valence-corrected chi connectivity index (χ4v) is 1.90. The molecule has 1 fully saturated rings. The SMILES string of the molecule is CC(C)[C@H]1C[C@@H](C)CCC1=O. The van der Waals surface area contributed by atoms with Crippen LogP contribution in [0.2, 0.25) is 0 Å². The second-order valence-corrected chi connectivity index (χ2v) is 4.20. The van der Waals surface area contributed by atoms with E-state index >= 15 is 0 Å². The molecular formula is C10H18O. The fraction of sp³-hybridized carbons (Fsp3) is 0.900. The maximum Gasteiger partial charge on any atom is 0.136 e. The lowest BCUT2D eigenvalue weighted by molar-refractivity contribution is -0.126. The number of hydrogen-bond donors (Lipinski definition) is 0. The highest BCUT2D eigenvalue weighted by Gasteiger charge is 2.28. The van der Waals surface area contributed by atoms with E-state index in [-0.39, 0.29) is 0 Å². The summed E-state index contributed by atoms with van der Waals surface area (Å²) in [4.78, 5) is 11.4. The molecule has 0 saturated heterocycles. The summed E-state index contributed by atoms with van der Waals surface area (Å²) in [6.45, 7) is 6.56. The second-order valence-electron chi connectivity index (χ2n) is 4.20. The summed E-state index contributed by atoms with van der Waals surface area (Å²) in [7, 11) is 0. The van der Waals surface area contributed by atoms with Gasteiger partial charge in [0.2, 0.25) is 0 Å². The van der Waals surface area contributed by atoms with Gasteiger partial charge in [0.1, 0.15) is 5.78 Å². The van der Waals surface area contributed by atoms with Crippen molar-refractivity contribution in [2.24, 2.45) is 17.8 Å². The molecule has 0 spiro atoms. The third-order valence-electron chi connectivity index (χ3n) is 2.76. The summed E-state index contributed by atoms with van der Waals surface area (Å²) in [6, 6.07) is 0. The molecule has 0 aromatic heterocycles. The van der Waals surface area contributed by atoms with Crippen molar-refractivity contribution in [1.82, 2.24) is 0 Å². The number of carbonyl (C=O) groups excluding carboxylic acids is 1. The molecule has 1 rings (SSSR count). The van der Waals surface area contributed by atoms with Crippen molar-refractivity contribution >= 4 is 5.78 Å². The van der Waals surface area contributed by atoms with Crippen molar-refractivity contribution in [1.29, 1.82) is 0 Å². The molecular weight excluding hydrogens is 136 g/mol. The predicted molar refractivity (Wildman–Crippen MR) is 46.4 cm³/mol. The summed E-state index contributed by atoms with van der Waals surface area (Å²) in [5.41, 5.74) is 0. The van der Waals surface area contributed by atoms with Gasteiger partial charge in [-0.3, -0.25) is 4.79 Å². The smallest absolute Gasteiger partial charge is 0.136 e. The zero-order valence-electron chi connectivity index (χ0n) is 7.76. The lowest BCUT2D eigenvalue weighted by Crippen LogP contribution is -2.27. The molecule has 64 valence electrons. The first kappa shape index (κ1) is 8.76. The van der Waals surface area contributed by atoms with E-state index in [1.807, 2.05) is 0 Å². The summed E-state index contributed by atoms with van der Waals surface area (Å²) in [5.74, 6) is 2.17. The van der Waals surface area contributed by atoms with Crippen LogP contribution >= 0.6 is 0 Å². The first-order chi connectivity index (χ1) is 5.11. The number of carbonyl (C=O) groups is 1. The molecule has 0 aliphatic heterocycles. The van der Waals surface area contributed by atoms with Gasteiger partial charge < -0.3 is 0 Å². The van der Waals surface area contributed by atoms with Crippen LogP contribution in [0.25, 0.3) is 0 Å². The topological polar surface area (TPSA) is 17.1 Å². The van der Waals surface area contributed by atoms with Crippen molar-refractivity contribution in [3.05, 3.63) is 0 Å². The Labute approximate surface area is 69.2 Å². The largest absolute Gasteiger partial charge is 0.299 e. The highest BCUT2D eigenvalue weighted by atomic mass is 16.1. The van der Waals surface area contributed by atoms with Gasteiger partial charge in [0, 0.05) is 12.3 Å². The van der Waals surface area contributed by atoms with Crippen molar-refractivity contribution in [3.63, 3.8) is 0 Å². The Balaban J connectivity index is 2.54. The Morgan fingerprint density at radius 3 is 2.55 bits per heavy atom. The highest BCUT2D eigenvalue weighted by molar-refractivity contribution is 5.81. The van der Waals surface area contributed by atoms with E-state index in [0.717, 1.165) is 25.2 Å². The molecule has 1 saturated carbocycles. The van der Waals surface area contributed by atoms with Gasteiger partial charge in [-0.25, -0.2) is 0 Å². The Hall–Kier alpha value is -0.330. The molecule has 1 aliphatic carbocycles. The van der Waals surface area contributed by atoms with Crippen molar-refractivity contribution < 1.29 is 4.79 Å². The summed E-state index contributed by atoms with van der Waals surface area (Å²) in [6.07, 6.45) is 3.06. The van der Waals surface area contributed by atoms with Gasteiger partial charge in [0.05, 0.1) is 0 Å². The molecule has 0 unspecified atom stereocenters. The van der Waals surface area contributed by atoms with Gasteiger partial charge in [-0.15, -0.1) is 0 Å². The zero-order valence-corrected chi connectivity index (χ0v) is 7.76. The van der Waals surface area contributed by atoms with Gasteiger partial charge in [0.15, 0.2) is 0 Å². The number of Topliss-reactive ketones (excluding diaryl/α,β-unsaturated/α-hetero) is 1. The molecule has 0 aromatic carbocycles. The number of hydrogen-bond acceptors (Lipinski definition) is 1. The molecule has 0 amide bonds. The van der Waals surface area contributed by atoms with Crippen molar-refractivity contribution in [2.75, 3.05) is 0 Å². The molecule has 0 aromatic rings. The van der Waals surface area contributed by atoms with E-state index in [9.17, 15) is 4.79 Å². The summed E-state index contributed by atoms with van der Waals surface area (Å²) >= 11 is 0. The predicted octanol–water partition coefficient (Wildman–Crippen LogP) is 2.65. The van der Waals surface area contributed by atoms with Crippen LogP contribution in [0.1, 0.15) is 40.0 Å². The summed E-state index contributed by atoms with van der Waals surface area (Å²) < 4.78 is 0. The van der Waals surface area contributed by atoms with Gasteiger partial charge >= 0.3 is 0 Å². The van der Waals surface area contributed by atoms with Crippen molar-refractivity contribution in [2.45, 2.75) is 40.0 Å². The summed E-state index contributed by atoms with van der Waals surface area (Å²) in [5, 5.41) is 0. The monoisotopic (exact) mass is 154 g/mol. The number of rotatable bonds is 1. The third kappa shape index (κ3) is 2.05. The van der Waals surface area contributed by atoms with Crippen molar-refractivity contribution in [3.8, 4) is 0 Å². The molecule has 0 N–H and O–H groups in total. The quantitative estimate of drug-likeness (QED) is 0.567. The number of ketones is 1. The Morgan fingerprint density at radius 2 is 2.09 bits per heavy atom. The van der Waals surface area contributed by atoms with Gasteiger partial charge in [-0.1, -0.05) is 20.8 Å². The molecule has 0 heterocycles. The first-order valence-electron chi connectivity index (χ1n) is 4.64. The molecule has 2 atom stereocenters. The molecule has 0 radical (unpaired) electrons. The Morgan fingerprint density at radius 1 is 1.45 bits per heavy atom. The Kier molecular flexibility index (Phi) is 2.69. The van der Waals surface area contributed by atoms with Crippen LogP contribution in [0.3, 0.4) is 0 Å². The van der Waals surface area contributed by atoms with Crippen LogP contribution < -0.4 is 0 Å². The molecule has 1 aliphatic rings. The van der Waals surface area contributed by atoms with Gasteiger partial charge in [-0.05, 0) is 24.7 Å². The van der Waals surface area contributed by atoms with E-state index in [1.165, 1.54) is 0 Å². The Bertz CT molecular complexity index is 149. The second kappa shape index (κ2) is 3.38. The van der Waals surface area contributed by atoms with Crippen LogP contribution in [0.15, 0.2) is 0 Å².